The molecule has 3 rings (SSSR count). The molecule has 130 valence electrons. The molecular weight excluding hydrogens is 308 g/mol. The smallest absolute Gasteiger partial charge is 0.244 e. The van der Waals surface area contributed by atoms with Gasteiger partial charge in [0.2, 0.25) is 5.91 Å². The zero-order valence-electron chi connectivity index (χ0n) is 14.7. The Balaban J connectivity index is 1.50. The maximum Gasteiger partial charge on any atom is 0.244 e. The topological polar surface area (TPSA) is 32.3 Å². The third kappa shape index (κ3) is 5.87. The molecule has 0 aliphatic carbocycles. The maximum atomic E-state index is 12.0. The van der Waals surface area contributed by atoms with E-state index in [1.54, 1.807) is 6.08 Å². The van der Waals surface area contributed by atoms with E-state index in [1.807, 2.05) is 36.4 Å². The van der Waals surface area contributed by atoms with Gasteiger partial charge in [-0.3, -0.25) is 9.69 Å². The Labute approximate surface area is 150 Å². The minimum absolute atomic E-state index is 0.0645. The van der Waals surface area contributed by atoms with Crippen LogP contribution in [0.1, 0.15) is 36.0 Å². The lowest BCUT2D eigenvalue weighted by molar-refractivity contribution is -0.116. The molecule has 0 unspecified atom stereocenters. The van der Waals surface area contributed by atoms with E-state index in [-0.39, 0.29) is 5.91 Å². The molecule has 2 aromatic carbocycles. The fourth-order valence-corrected chi connectivity index (χ4v) is 3.20. The van der Waals surface area contributed by atoms with Crippen LogP contribution in [0.25, 0.3) is 6.08 Å². The Morgan fingerprint density at radius 2 is 1.72 bits per heavy atom. The van der Waals surface area contributed by atoms with Crippen LogP contribution in [-0.4, -0.2) is 23.9 Å². The zero-order valence-corrected chi connectivity index (χ0v) is 14.7. The van der Waals surface area contributed by atoms with Crippen LogP contribution in [0.4, 0.5) is 0 Å². The second-order valence-corrected chi connectivity index (χ2v) is 6.62. The van der Waals surface area contributed by atoms with Crippen LogP contribution in [0.5, 0.6) is 0 Å². The normalized spacial score (nSPS) is 15.4. The molecule has 0 spiro atoms. The van der Waals surface area contributed by atoms with Gasteiger partial charge in [-0.15, -0.1) is 0 Å². The highest BCUT2D eigenvalue weighted by Crippen LogP contribution is 2.14. The Morgan fingerprint density at radius 3 is 2.52 bits per heavy atom. The summed E-state index contributed by atoms with van der Waals surface area (Å²) in [5.41, 5.74) is 3.51. The molecule has 0 saturated carbocycles. The lowest BCUT2D eigenvalue weighted by atomic mass is 10.1. The van der Waals surface area contributed by atoms with Gasteiger partial charge in [-0.05, 0) is 48.7 Å². The Bertz CT molecular complexity index is 703. The molecule has 0 radical (unpaired) electrons. The van der Waals surface area contributed by atoms with Crippen molar-refractivity contribution in [2.24, 2.45) is 0 Å². The number of hydrogen-bond acceptors (Lipinski definition) is 2. The highest BCUT2D eigenvalue weighted by atomic mass is 16.1. The number of amides is 1. The molecule has 2 aromatic rings. The molecular formula is C22H26N2O. The predicted molar refractivity (Wildman–Crippen MR) is 103 cm³/mol. The molecule has 0 bridgehead atoms. The van der Waals surface area contributed by atoms with Crippen molar-refractivity contribution in [3.05, 3.63) is 77.4 Å². The van der Waals surface area contributed by atoms with Gasteiger partial charge in [0, 0.05) is 19.2 Å². The second-order valence-electron chi connectivity index (χ2n) is 6.62. The summed E-state index contributed by atoms with van der Waals surface area (Å²) in [6.07, 6.45) is 7.40. The summed E-state index contributed by atoms with van der Waals surface area (Å²) in [5.74, 6) is -0.0645. The molecule has 0 aromatic heterocycles. The standard InChI is InChI=1S/C22H26N2O/c25-22(13-12-19-8-3-1-4-9-19)23-17-20-10-7-11-21(16-20)18-24-14-5-2-6-15-24/h1,3-4,7-13,16H,2,5-6,14-15,17-18H2,(H,23,25)/b13-12+. The van der Waals surface area contributed by atoms with Gasteiger partial charge in [0.15, 0.2) is 0 Å². The van der Waals surface area contributed by atoms with E-state index >= 15 is 0 Å². The largest absolute Gasteiger partial charge is 0.348 e. The van der Waals surface area contributed by atoms with E-state index in [2.05, 4.69) is 34.5 Å². The molecule has 1 fully saturated rings. The number of nitrogens with one attached hydrogen (secondary N) is 1. The number of piperidine rings is 1. The fourth-order valence-electron chi connectivity index (χ4n) is 3.20. The number of carbonyl (C=O) groups is 1. The predicted octanol–water partition coefficient (Wildman–Crippen LogP) is 4.00. The van der Waals surface area contributed by atoms with Crippen LogP contribution in [0.15, 0.2) is 60.7 Å². The Kier molecular flexibility index (Phi) is 6.41. The number of nitrogens with zero attached hydrogens (tertiary/aromatic N) is 1. The summed E-state index contributed by atoms with van der Waals surface area (Å²) < 4.78 is 0. The molecule has 3 nitrogen and oxygen atoms in total. The number of carbonyl (C=O) groups excluding carboxylic acids is 1. The van der Waals surface area contributed by atoms with Crippen LogP contribution < -0.4 is 5.32 Å². The van der Waals surface area contributed by atoms with Gasteiger partial charge in [-0.1, -0.05) is 61.0 Å². The van der Waals surface area contributed by atoms with Crippen molar-refractivity contribution in [1.29, 1.82) is 0 Å². The third-order valence-electron chi connectivity index (χ3n) is 4.54. The van der Waals surface area contributed by atoms with Crippen molar-refractivity contribution in [3.63, 3.8) is 0 Å². The van der Waals surface area contributed by atoms with Gasteiger partial charge in [-0.25, -0.2) is 0 Å². The molecule has 0 atom stereocenters. The van der Waals surface area contributed by atoms with Crippen molar-refractivity contribution in [2.45, 2.75) is 32.4 Å². The summed E-state index contributed by atoms with van der Waals surface area (Å²) in [5, 5.41) is 2.96. The molecule has 1 heterocycles. The number of likely N-dealkylation sites (tertiary alicyclic amines) is 1. The summed E-state index contributed by atoms with van der Waals surface area (Å²) >= 11 is 0. The lowest BCUT2D eigenvalue weighted by Crippen LogP contribution is -2.29. The second kappa shape index (κ2) is 9.19. The minimum Gasteiger partial charge on any atom is -0.348 e. The summed E-state index contributed by atoms with van der Waals surface area (Å²) in [7, 11) is 0. The van der Waals surface area contributed by atoms with E-state index in [9.17, 15) is 4.79 Å². The van der Waals surface area contributed by atoms with Crippen molar-refractivity contribution in [2.75, 3.05) is 13.1 Å². The first-order valence-corrected chi connectivity index (χ1v) is 9.11. The van der Waals surface area contributed by atoms with Gasteiger partial charge < -0.3 is 5.32 Å². The highest BCUT2D eigenvalue weighted by molar-refractivity contribution is 5.91. The van der Waals surface area contributed by atoms with Crippen LogP contribution in [0, 0.1) is 0 Å². The molecule has 1 aliphatic heterocycles. The van der Waals surface area contributed by atoms with Crippen LogP contribution in [-0.2, 0) is 17.9 Å². The zero-order chi connectivity index (χ0) is 17.3. The van der Waals surface area contributed by atoms with Crippen molar-refractivity contribution in [1.82, 2.24) is 10.2 Å². The van der Waals surface area contributed by atoms with E-state index in [1.165, 1.54) is 37.9 Å². The van der Waals surface area contributed by atoms with Crippen molar-refractivity contribution >= 4 is 12.0 Å². The number of benzene rings is 2. The molecule has 25 heavy (non-hydrogen) atoms. The lowest BCUT2D eigenvalue weighted by Gasteiger charge is -2.26. The van der Waals surface area contributed by atoms with Gasteiger partial charge in [0.25, 0.3) is 0 Å². The van der Waals surface area contributed by atoms with Crippen molar-refractivity contribution < 1.29 is 4.79 Å². The van der Waals surface area contributed by atoms with Gasteiger partial charge >= 0.3 is 0 Å². The minimum atomic E-state index is -0.0645. The first-order valence-electron chi connectivity index (χ1n) is 9.11. The maximum absolute atomic E-state index is 12.0. The molecule has 1 aliphatic rings. The molecule has 1 amide bonds. The third-order valence-corrected chi connectivity index (χ3v) is 4.54. The van der Waals surface area contributed by atoms with E-state index in [0.29, 0.717) is 6.54 Å². The molecule has 1 N–H and O–H groups in total. The highest BCUT2D eigenvalue weighted by Gasteiger charge is 2.10. The van der Waals surface area contributed by atoms with Crippen LogP contribution in [0.3, 0.4) is 0 Å². The SMILES string of the molecule is O=C(/C=C/c1ccccc1)NCc1cccc(CN2CCCCC2)c1. The summed E-state index contributed by atoms with van der Waals surface area (Å²) in [6.45, 7) is 3.97. The molecule has 1 saturated heterocycles. The molecule has 3 heteroatoms. The summed E-state index contributed by atoms with van der Waals surface area (Å²) in [4.78, 5) is 14.5. The quantitative estimate of drug-likeness (QED) is 0.810. The van der Waals surface area contributed by atoms with Crippen LogP contribution >= 0.6 is 0 Å². The van der Waals surface area contributed by atoms with E-state index in [4.69, 9.17) is 0 Å². The van der Waals surface area contributed by atoms with E-state index < -0.39 is 0 Å². The van der Waals surface area contributed by atoms with Crippen LogP contribution in [0.2, 0.25) is 0 Å². The Morgan fingerprint density at radius 1 is 0.960 bits per heavy atom. The first kappa shape index (κ1) is 17.4. The van der Waals surface area contributed by atoms with Gasteiger partial charge in [0.05, 0.1) is 0 Å². The summed E-state index contributed by atoms with van der Waals surface area (Å²) in [6, 6.07) is 18.4. The van der Waals surface area contributed by atoms with E-state index in [0.717, 1.165) is 17.7 Å². The average Bonchev–Trinajstić information content (AvgIpc) is 2.67. The monoisotopic (exact) mass is 334 g/mol. The van der Waals surface area contributed by atoms with Gasteiger partial charge in [0.1, 0.15) is 0 Å². The fraction of sp³-hybridized carbons (Fsp3) is 0.318. The first-order chi connectivity index (χ1) is 12.3. The average molecular weight is 334 g/mol. The number of hydrogen-bond donors (Lipinski definition) is 1. The Hall–Kier alpha value is -2.39. The van der Waals surface area contributed by atoms with Crippen molar-refractivity contribution in [3.8, 4) is 0 Å². The number of rotatable bonds is 6. The van der Waals surface area contributed by atoms with Gasteiger partial charge in [-0.2, -0.15) is 0 Å².